The van der Waals surface area contributed by atoms with Gasteiger partial charge in [0.05, 0.1) is 11.6 Å². The average Bonchev–Trinajstić information content (AvgIpc) is 2.66. The Morgan fingerprint density at radius 2 is 1.74 bits per heavy atom. The predicted molar refractivity (Wildman–Crippen MR) is 118 cm³/mol. The van der Waals surface area contributed by atoms with Crippen LogP contribution in [0.25, 0.3) is 11.6 Å². The monoisotopic (exact) mass is 501 g/mol. The highest BCUT2D eigenvalue weighted by molar-refractivity contribution is 9.10. The Morgan fingerprint density at radius 3 is 2.44 bits per heavy atom. The standard InChI is InChI=1S/C22H14Br2ClNO/c23-19-6-4-16(5-7-19)18(13-26)11-17-12-20(24)8-9-22(17)27-14-15-2-1-3-21(25)10-15/h1-12H,14H2/b18-11+. The first kappa shape index (κ1) is 19.7. The summed E-state index contributed by atoms with van der Waals surface area (Å²) in [4.78, 5) is 0. The van der Waals surface area contributed by atoms with E-state index in [0.717, 1.165) is 25.6 Å². The van der Waals surface area contributed by atoms with Crippen molar-refractivity contribution in [3.8, 4) is 11.8 Å². The van der Waals surface area contributed by atoms with E-state index in [4.69, 9.17) is 16.3 Å². The van der Waals surface area contributed by atoms with E-state index in [1.54, 1.807) is 0 Å². The molecule has 2 nitrogen and oxygen atoms in total. The maximum absolute atomic E-state index is 9.61. The second-order valence-corrected chi connectivity index (χ2v) is 8.05. The van der Waals surface area contributed by atoms with Gasteiger partial charge < -0.3 is 4.74 Å². The van der Waals surface area contributed by atoms with Crippen molar-refractivity contribution in [2.75, 3.05) is 0 Å². The summed E-state index contributed by atoms with van der Waals surface area (Å²) in [5.41, 5.74) is 3.22. The van der Waals surface area contributed by atoms with Crippen molar-refractivity contribution in [1.82, 2.24) is 0 Å². The number of allylic oxidation sites excluding steroid dienone is 1. The van der Waals surface area contributed by atoms with E-state index in [1.165, 1.54) is 0 Å². The third-order valence-corrected chi connectivity index (χ3v) is 5.09. The first-order valence-corrected chi connectivity index (χ1v) is 10.1. The summed E-state index contributed by atoms with van der Waals surface area (Å²) in [5.74, 6) is 0.697. The Labute approximate surface area is 180 Å². The molecule has 134 valence electrons. The van der Waals surface area contributed by atoms with E-state index in [9.17, 15) is 5.26 Å². The van der Waals surface area contributed by atoms with Crippen LogP contribution in [0.5, 0.6) is 5.75 Å². The minimum Gasteiger partial charge on any atom is -0.488 e. The molecule has 0 bridgehead atoms. The van der Waals surface area contributed by atoms with Crippen molar-refractivity contribution in [2.24, 2.45) is 0 Å². The molecule has 3 aromatic carbocycles. The van der Waals surface area contributed by atoms with Crippen molar-refractivity contribution in [1.29, 1.82) is 5.26 Å². The zero-order valence-corrected chi connectivity index (χ0v) is 18.1. The topological polar surface area (TPSA) is 33.0 Å². The summed E-state index contributed by atoms with van der Waals surface area (Å²) in [5, 5.41) is 10.3. The highest BCUT2D eigenvalue weighted by Gasteiger charge is 2.07. The summed E-state index contributed by atoms with van der Waals surface area (Å²) < 4.78 is 7.88. The number of rotatable bonds is 5. The molecule has 0 aliphatic carbocycles. The van der Waals surface area contributed by atoms with Crippen LogP contribution < -0.4 is 4.74 Å². The molecule has 0 saturated heterocycles. The molecule has 0 atom stereocenters. The van der Waals surface area contributed by atoms with Crippen LogP contribution in [0.2, 0.25) is 5.02 Å². The number of ether oxygens (including phenoxy) is 1. The fourth-order valence-electron chi connectivity index (χ4n) is 2.52. The maximum Gasteiger partial charge on any atom is 0.127 e. The summed E-state index contributed by atoms with van der Waals surface area (Å²) in [7, 11) is 0. The third-order valence-electron chi connectivity index (χ3n) is 3.83. The number of halogens is 3. The van der Waals surface area contributed by atoms with Crippen LogP contribution in [-0.2, 0) is 6.61 Å². The Morgan fingerprint density at radius 1 is 1.00 bits per heavy atom. The molecule has 0 amide bonds. The lowest BCUT2D eigenvalue weighted by Gasteiger charge is -2.11. The van der Waals surface area contributed by atoms with Crippen molar-refractivity contribution in [3.63, 3.8) is 0 Å². The molecule has 0 aliphatic rings. The van der Waals surface area contributed by atoms with E-state index in [-0.39, 0.29) is 0 Å². The molecular formula is C22H14Br2ClNO. The van der Waals surface area contributed by atoms with Crippen molar-refractivity contribution >= 4 is 55.1 Å². The normalized spacial score (nSPS) is 11.1. The summed E-state index contributed by atoms with van der Waals surface area (Å²) in [6.45, 7) is 0.392. The predicted octanol–water partition coefficient (Wildman–Crippen LogP) is 7.51. The molecular weight excluding hydrogens is 490 g/mol. The first-order chi connectivity index (χ1) is 13.0. The van der Waals surface area contributed by atoms with Crippen LogP contribution in [0.3, 0.4) is 0 Å². The van der Waals surface area contributed by atoms with E-state index >= 15 is 0 Å². The van der Waals surface area contributed by atoms with Gasteiger partial charge in [-0.05, 0) is 59.7 Å². The van der Waals surface area contributed by atoms with E-state index in [0.29, 0.717) is 23.0 Å². The Balaban J connectivity index is 1.91. The summed E-state index contributed by atoms with van der Waals surface area (Å²) in [6, 6.07) is 23.2. The molecule has 3 rings (SSSR count). The van der Waals surface area contributed by atoms with Crippen LogP contribution in [0.1, 0.15) is 16.7 Å². The van der Waals surface area contributed by atoms with Crippen LogP contribution in [-0.4, -0.2) is 0 Å². The van der Waals surface area contributed by atoms with Crippen LogP contribution >= 0.6 is 43.5 Å². The van der Waals surface area contributed by atoms with Crippen molar-refractivity contribution in [2.45, 2.75) is 6.61 Å². The Bertz CT molecular complexity index is 1020. The molecule has 5 heteroatoms. The zero-order valence-electron chi connectivity index (χ0n) is 14.1. The van der Waals surface area contributed by atoms with Gasteiger partial charge in [-0.2, -0.15) is 5.26 Å². The molecule has 0 spiro atoms. The molecule has 3 aromatic rings. The van der Waals surface area contributed by atoms with Crippen molar-refractivity contribution in [3.05, 3.63) is 97.4 Å². The van der Waals surface area contributed by atoms with Gasteiger partial charge in [-0.1, -0.05) is 67.7 Å². The van der Waals surface area contributed by atoms with Gasteiger partial charge >= 0.3 is 0 Å². The number of benzene rings is 3. The second-order valence-electron chi connectivity index (χ2n) is 5.78. The molecule has 0 N–H and O–H groups in total. The smallest absolute Gasteiger partial charge is 0.127 e. The third kappa shape index (κ3) is 5.46. The molecule has 0 unspecified atom stereocenters. The highest BCUT2D eigenvalue weighted by atomic mass is 79.9. The van der Waals surface area contributed by atoms with Gasteiger partial charge in [0, 0.05) is 19.5 Å². The minimum atomic E-state index is 0.392. The maximum atomic E-state index is 9.61. The largest absolute Gasteiger partial charge is 0.488 e. The molecule has 0 radical (unpaired) electrons. The minimum absolute atomic E-state index is 0.392. The fourth-order valence-corrected chi connectivity index (χ4v) is 3.37. The summed E-state index contributed by atoms with van der Waals surface area (Å²) in [6.07, 6.45) is 1.83. The van der Waals surface area contributed by atoms with Crippen LogP contribution in [0, 0.1) is 11.3 Å². The van der Waals surface area contributed by atoms with Gasteiger partial charge in [0.1, 0.15) is 12.4 Å². The lowest BCUT2D eigenvalue weighted by Crippen LogP contribution is -1.97. The number of nitrogens with zero attached hydrogens (tertiary/aromatic N) is 1. The first-order valence-electron chi connectivity index (χ1n) is 8.10. The summed E-state index contributed by atoms with van der Waals surface area (Å²) >= 11 is 12.9. The molecule has 27 heavy (non-hydrogen) atoms. The molecule has 0 aromatic heterocycles. The quantitative estimate of drug-likeness (QED) is 0.267. The van der Waals surface area contributed by atoms with Gasteiger partial charge in [0.2, 0.25) is 0 Å². The number of hydrogen-bond acceptors (Lipinski definition) is 2. The average molecular weight is 504 g/mol. The van der Waals surface area contributed by atoms with Gasteiger partial charge in [-0.3, -0.25) is 0 Å². The lowest BCUT2D eigenvalue weighted by molar-refractivity contribution is 0.305. The SMILES string of the molecule is N#C/C(=C\c1cc(Br)ccc1OCc1cccc(Cl)c1)c1ccc(Br)cc1. The molecule has 0 saturated carbocycles. The van der Waals surface area contributed by atoms with E-state index < -0.39 is 0 Å². The molecule has 0 heterocycles. The van der Waals surface area contributed by atoms with Crippen molar-refractivity contribution < 1.29 is 4.74 Å². The van der Waals surface area contributed by atoms with Crippen LogP contribution in [0.4, 0.5) is 0 Å². The van der Waals surface area contributed by atoms with Crippen LogP contribution in [0.15, 0.2) is 75.7 Å². The van der Waals surface area contributed by atoms with Gasteiger partial charge in [-0.15, -0.1) is 0 Å². The van der Waals surface area contributed by atoms with Gasteiger partial charge in [0.25, 0.3) is 0 Å². The van der Waals surface area contributed by atoms with Gasteiger partial charge in [0.15, 0.2) is 0 Å². The number of nitriles is 1. The molecule has 0 fully saturated rings. The van der Waals surface area contributed by atoms with Gasteiger partial charge in [-0.25, -0.2) is 0 Å². The van der Waals surface area contributed by atoms with E-state index in [1.807, 2.05) is 72.8 Å². The zero-order chi connectivity index (χ0) is 19.2. The van der Waals surface area contributed by atoms with E-state index in [2.05, 4.69) is 37.9 Å². The second kappa shape index (κ2) is 9.23. The Hall–Kier alpha value is -2.06. The number of hydrogen-bond donors (Lipinski definition) is 0. The fraction of sp³-hybridized carbons (Fsp3) is 0.0455. The highest BCUT2D eigenvalue weighted by Crippen LogP contribution is 2.29. The lowest BCUT2D eigenvalue weighted by atomic mass is 10.0. The molecule has 0 aliphatic heterocycles. The Kier molecular flexibility index (Phi) is 6.73.